The number of rotatable bonds is 5. The van der Waals surface area contributed by atoms with Crippen molar-refractivity contribution in [3.05, 3.63) is 84.2 Å². The van der Waals surface area contributed by atoms with Gasteiger partial charge in [0.1, 0.15) is 11.6 Å². The van der Waals surface area contributed by atoms with Crippen molar-refractivity contribution in [3.8, 4) is 28.1 Å². The van der Waals surface area contributed by atoms with Crippen molar-refractivity contribution in [2.45, 2.75) is 20.3 Å². The second-order valence-electron chi connectivity index (χ2n) is 6.72. The summed E-state index contributed by atoms with van der Waals surface area (Å²) in [4.78, 5) is 4.75. The van der Waals surface area contributed by atoms with Gasteiger partial charge in [-0.05, 0) is 66.4 Å². The molecule has 0 saturated heterocycles. The number of fused-ring (bicyclic) bond motifs is 1. The lowest BCUT2D eigenvalue weighted by atomic mass is 10.00. The maximum atomic E-state index is 13.6. The molecule has 3 aromatic carbocycles. The van der Waals surface area contributed by atoms with Crippen LogP contribution in [0.2, 0.25) is 0 Å². The summed E-state index contributed by atoms with van der Waals surface area (Å²) >= 11 is 0. The molecule has 4 aromatic rings. The Morgan fingerprint density at radius 1 is 0.821 bits per heavy atom. The van der Waals surface area contributed by atoms with E-state index in [9.17, 15) is 4.39 Å². The van der Waals surface area contributed by atoms with Gasteiger partial charge >= 0.3 is 0 Å². The van der Waals surface area contributed by atoms with Crippen LogP contribution in [0.3, 0.4) is 0 Å². The van der Waals surface area contributed by atoms with Crippen LogP contribution in [-0.4, -0.2) is 11.6 Å². The van der Waals surface area contributed by atoms with E-state index in [0.717, 1.165) is 51.0 Å². The molecule has 0 fully saturated rings. The van der Waals surface area contributed by atoms with Gasteiger partial charge < -0.3 is 4.74 Å². The molecule has 0 spiro atoms. The van der Waals surface area contributed by atoms with E-state index >= 15 is 0 Å². The van der Waals surface area contributed by atoms with E-state index in [1.807, 2.05) is 19.1 Å². The van der Waals surface area contributed by atoms with Gasteiger partial charge in [-0.3, -0.25) is 0 Å². The molecule has 28 heavy (non-hydrogen) atoms. The second kappa shape index (κ2) is 7.81. The first-order valence-corrected chi connectivity index (χ1v) is 9.60. The van der Waals surface area contributed by atoms with Crippen LogP contribution in [0.4, 0.5) is 4.39 Å². The summed E-state index contributed by atoms with van der Waals surface area (Å²) in [6.45, 7) is 4.72. The number of hydrogen-bond acceptors (Lipinski definition) is 2. The molecule has 0 unspecified atom stereocenters. The number of benzene rings is 3. The smallest absolute Gasteiger partial charge is 0.123 e. The zero-order chi connectivity index (χ0) is 19.5. The van der Waals surface area contributed by atoms with Crippen LogP contribution in [0.5, 0.6) is 5.75 Å². The van der Waals surface area contributed by atoms with Gasteiger partial charge in [0.05, 0.1) is 17.8 Å². The number of nitrogens with zero attached hydrogens (tertiary/aromatic N) is 1. The van der Waals surface area contributed by atoms with Crippen molar-refractivity contribution in [2.24, 2.45) is 0 Å². The summed E-state index contributed by atoms with van der Waals surface area (Å²) in [7, 11) is 0. The van der Waals surface area contributed by atoms with Gasteiger partial charge in [0.2, 0.25) is 0 Å². The molecule has 3 heteroatoms. The maximum Gasteiger partial charge on any atom is 0.123 e. The number of hydrogen-bond donors (Lipinski definition) is 0. The highest BCUT2D eigenvalue weighted by atomic mass is 19.1. The van der Waals surface area contributed by atoms with E-state index in [1.54, 1.807) is 12.1 Å². The molecule has 0 bridgehead atoms. The largest absolute Gasteiger partial charge is 0.494 e. The van der Waals surface area contributed by atoms with Gasteiger partial charge in [0, 0.05) is 10.9 Å². The Morgan fingerprint density at radius 2 is 1.61 bits per heavy atom. The van der Waals surface area contributed by atoms with Crippen LogP contribution in [0.1, 0.15) is 19.4 Å². The van der Waals surface area contributed by atoms with E-state index in [0.29, 0.717) is 6.61 Å². The number of halogens is 1. The first kappa shape index (κ1) is 18.2. The zero-order valence-corrected chi connectivity index (χ0v) is 16.1. The first-order chi connectivity index (χ1) is 13.7. The lowest BCUT2D eigenvalue weighted by Gasteiger charge is -2.10. The Hall–Kier alpha value is -3.20. The predicted octanol–water partition coefficient (Wildman–Crippen LogP) is 6.67. The lowest BCUT2D eigenvalue weighted by molar-refractivity contribution is 0.340. The molecular formula is C25H22FNO. The van der Waals surface area contributed by atoms with Crippen LogP contribution >= 0.6 is 0 Å². The molecule has 1 aromatic heterocycles. The van der Waals surface area contributed by atoms with Crippen LogP contribution in [-0.2, 0) is 6.42 Å². The minimum Gasteiger partial charge on any atom is -0.494 e. The summed E-state index contributed by atoms with van der Waals surface area (Å²) in [6, 6.07) is 23.3. The highest BCUT2D eigenvalue weighted by Crippen LogP contribution is 2.29. The minimum atomic E-state index is -0.226. The molecule has 0 atom stereocenters. The summed E-state index contributed by atoms with van der Waals surface area (Å²) in [5.74, 6) is 0.649. The van der Waals surface area contributed by atoms with Crippen molar-refractivity contribution in [1.29, 1.82) is 0 Å². The molecule has 2 nitrogen and oxygen atoms in total. The number of pyridine rings is 1. The van der Waals surface area contributed by atoms with Crippen LogP contribution in [0.25, 0.3) is 33.3 Å². The first-order valence-electron chi connectivity index (χ1n) is 9.60. The minimum absolute atomic E-state index is 0.226. The van der Waals surface area contributed by atoms with Crippen LogP contribution < -0.4 is 4.74 Å². The van der Waals surface area contributed by atoms with Gasteiger partial charge in [-0.15, -0.1) is 0 Å². The number of ether oxygens (including phenoxy) is 1. The van der Waals surface area contributed by atoms with Crippen molar-refractivity contribution < 1.29 is 9.13 Å². The molecule has 0 aliphatic heterocycles. The van der Waals surface area contributed by atoms with E-state index < -0.39 is 0 Å². The molecule has 0 N–H and O–H groups in total. The molecule has 0 saturated carbocycles. The fourth-order valence-electron chi connectivity index (χ4n) is 3.47. The Bertz CT molecular complexity index is 1120. The van der Waals surface area contributed by atoms with Crippen molar-refractivity contribution in [1.82, 2.24) is 4.98 Å². The van der Waals surface area contributed by atoms with Gasteiger partial charge in [-0.25, -0.2) is 9.37 Å². The Morgan fingerprint density at radius 3 is 2.36 bits per heavy atom. The normalized spacial score (nSPS) is 11.0. The van der Waals surface area contributed by atoms with Crippen molar-refractivity contribution >= 4 is 10.9 Å². The molecule has 140 valence electrons. The molecular weight excluding hydrogens is 349 g/mol. The lowest BCUT2D eigenvalue weighted by Crippen LogP contribution is -1.93. The molecule has 1 heterocycles. The topological polar surface area (TPSA) is 22.1 Å². The standard InChI is InChI=1S/C25H22FNO/c1-3-17-15-25(27-24-13-12-21(26)16-23(17)24)19-10-8-18(9-11-19)20-6-5-7-22(14-20)28-4-2/h5-16H,3-4H2,1-2H3. The summed E-state index contributed by atoms with van der Waals surface area (Å²) in [6.07, 6.45) is 0.831. The Kier molecular flexibility index (Phi) is 5.07. The SMILES string of the molecule is CCOc1cccc(-c2ccc(-c3cc(CC)c4cc(F)ccc4n3)cc2)c1. The monoisotopic (exact) mass is 371 g/mol. The summed E-state index contributed by atoms with van der Waals surface area (Å²) in [5.41, 5.74) is 6.13. The average Bonchev–Trinajstić information content (AvgIpc) is 2.73. The quantitative estimate of drug-likeness (QED) is 0.391. The third-order valence-electron chi connectivity index (χ3n) is 4.90. The van der Waals surface area contributed by atoms with E-state index in [4.69, 9.17) is 9.72 Å². The van der Waals surface area contributed by atoms with Crippen LogP contribution in [0, 0.1) is 5.82 Å². The summed E-state index contributed by atoms with van der Waals surface area (Å²) in [5, 5.41) is 0.885. The summed E-state index contributed by atoms with van der Waals surface area (Å²) < 4.78 is 19.2. The van der Waals surface area contributed by atoms with Gasteiger partial charge in [-0.1, -0.05) is 43.3 Å². The van der Waals surface area contributed by atoms with E-state index in [2.05, 4.69) is 49.4 Å². The molecule has 0 aliphatic rings. The second-order valence-corrected chi connectivity index (χ2v) is 6.72. The van der Waals surface area contributed by atoms with Crippen molar-refractivity contribution in [2.75, 3.05) is 6.61 Å². The molecule has 0 aliphatic carbocycles. The predicted molar refractivity (Wildman–Crippen MR) is 113 cm³/mol. The Labute approximate surface area is 164 Å². The fraction of sp³-hybridized carbons (Fsp3) is 0.160. The number of aromatic nitrogens is 1. The third kappa shape index (κ3) is 3.61. The highest BCUT2D eigenvalue weighted by molar-refractivity contribution is 5.85. The van der Waals surface area contributed by atoms with Gasteiger partial charge in [0.15, 0.2) is 0 Å². The average molecular weight is 371 g/mol. The highest BCUT2D eigenvalue weighted by Gasteiger charge is 2.08. The van der Waals surface area contributed by atoms with Crippen LogP contribution in [0.15, 0.2) is 72.8 Å². The maximum absolute atomic E-state index is 13.6. The molecule has 0 radical (unpaired) electrons. The van der Waals surface area contributed by atoms with Gasteiger partial charge in [0.25, 0.3) is 0 Å². The molecule has 0 amide bonds. The van der Waals surface area contributed by atoms with E-state index in [-0.39, 0.29) is 5.82 Å². The third-order valence-corrected chi connectivity index (χ3v) is 4.90. The Balaban J connectivity index is 1.71. The van der Waals surface area contributed by atoms with Gasteiger partial charge in [-0.2, -0.15) is 0 Å². The zero-order valence-electron chi connectivity index (χ0n) is 16.1. The molecule has 4 rings (SSSR count). The van der Waals surface area contributed by atoms with E-state index in [1.165, 1.54) is 6.07 Å². The number of aryl methyl sites for hydroxylation is 1. The van der Waals surface area contributed by atoms with Crippen molar-refractivity contribution in [3.63, 3.8) is 0 Å². The fourth-order valence-corrected chi connectivity index (χ4v) is 3.47.